The van der Waals surface area contributed by atoms with Crippen molar-refractivity contribution in [3.8, 4) is 0 Å². The molecule has 2 rings (SSSR count). The summed E-state index contributed by atoms with van der Waals surface area (Å²) >= 11 is 0. The van der Waals surface area contributed by atoms with E-state index in [1.807, 2.05) is 20.8 Å². The van der Waals surface area contributed by atoms with Crippen molar-refractivity contribution in [3.63, 3.8) is 0 Å². The second kappa shape index (κ2) is 3.81. The van der Waals surface area contributed by atoms with Crippen LogP contribution in [0.4, 0.5) is 8.78 Å². The van der Waals surface area contributed by atoms with Gasteiger partial charge in [0.25, 0.3) is 0 Å². The lowest BCUT2D eigenvalue weighted by atomic mass is 9.86. The molecule has 0 aliphatic rings. The lowest BCUT2D eigenvalue weighted by molar-refractivity contribution is 0.289. The van der Waals surface area contributed by atoms with Gasteiger partial charge in [-0.2, -0.15) is 0 Å². The summed E-state index contributed by atoms with van der Waals surface area (Å²) in [5.74, 6) is -0.678. The molecule has 0 spiro atoms. The molecule has 1 aromatic heterocycles. The van der Waals surface area contributed by atoms with Gasteiger partial charge in [-0.1, -0.05) is 20.8 Å². The Bertz CT molecular complexity index is 515. The molecule has 17 heavy (non-hydrogen) atoms. The molecule has 0 radical (unpaired) electrons. The normalized spacial score (nSPS) is 14.2. The van der Waals surface area contributed by atoms with Crippen molar-refractivity contribution in [2.75, 3.05) is 0 Å². The Kier molecular flexibility index (Phi) is 2.70. The molecule has 0 bridgehead atoms. The van der Waals surface area contributed by atoms with Crippen LogP contribution in [-0.2, 0) is 0 Å². The van der Waals surface area contributed by atoms with Gasteiger partial charge in [-0.25, -0.2) is 8.78 Å². The van der Waals surface area contributed by atoms with Crippen molar-refractivity contribution in [2.45, 2.75) is 26.8 Å². The van der Waals surface area contributed by atoms with Gasteiger partial charge in [-0.05, 0) is 23.6 Å². The van der Waals surface area contributed by atoms with Crippen LogP contribution >= 0.6 is 0 Å². The fourth-order valence-electron chi connectivity index (χ4n) is 1.66. The fraction of sp³-hybridized carbons (Fsp3) is 0.385. The minimum Gasteiger partial charge on any atom is -0.456 e. The van der Waals surface area contributed by atoms with Crippen molar-refractivity contribution >= 4 is 11.0 Å². The highest BCUT2D eigenvalue weighted by atomic mass is 19.1. The Morgan fingerprint density at radius 3 is 2.29 bits per heavy atom. The van der Waals surface area contributed by atoms with Gasteiger partial charge < -0.3 is 10.2 Å². The Hall–Kier alpha value is -1.42. The van der Waals surface area contributed by atoms with Crippen molar-refractivity contribution in [1.29, 1.82) is 0 Å². The molecule has 0 aliphatic carbocycles. The largest absolute Gasteiger partial charge is 0.456 e. The molecule has 92 valence electrons. The van der Waals surface area contributed by atoms with Crippen molar-refractivity contribution < 1.29 is 13.2 Å². The van der Waals surface area contributed by atoms with Gasteiger partial charge in [-0.3, -0.25) is 0 Å². The number of halogens is 2. The first-order valence-electron chi connectivity index (χ1n) is 5.43. The van der Waals surface area contributed by atoms with E-state index in [0.29, 0.717) is 5.76 Å². The third-order valence-electron chi connectivity index (χ3n) is 2.84. The van der Waals surface area contributed by atoms with Gasteiger partial charge in [0.2, 0.25) is 0 Å². The maximum Gasteiger partial charge on any atom is 0.172 e. The number of nitrogens with two attached hydrogens (primary N) is 1. The average Bonchev–Trinajstić information content (AvgIpc) is 2.67. The highest BCUT2D eigenvalue weighted by Gasteiger charge is 2.26. The minimum atomic E-state index is -0.575. The third kappa shape index (κ3) is 2.05. The number of benzene rings is 1. The van der Waals surface area contributed by atoms with E-state index in [2.05, 4.69) is 0 Å². The molecule has 1 heterocycles. The molecule has 4 heteroatoms. The highest BCUT2D eigenvalue weighted by Crippen LogP contribution is 2.35. The fourth-order valence-corrected chi connectivity index (χ4v) is 1.66. The van der Waals surface area contributed by atoms with Crippen LogP contribution in [0.1, 0.15) is 32.6 Å². The summed E-state index contributed by atoms with van der Waals surface area (Å²) < 4.78 is 32.2. The first-order valence-corrected chi connectivity index (χ1v) is 5.43. The third-order valence-corrected chi connectivity index (χ3v) is 2.84. The van der Waals surface area contributed by atoms with Crippen molar-refractivity contribution in [1.82, 2.24) is 0 Å². The quantitative estimate of drug-likeness (QED) is 0.823. The minimum absolute atomic E-state index is 0.0697. The van der Waals surface area contributed by atoms with E-state index < -0.39 is 17.7 Å². The molecule has 2 nitrogen and oxygen atoms in total. The monoisotopic (exact) mass is 239 g/mol. The molecule has 0 saturated carbocycles. The first kappa shape index (κ1) is 12.0. The average molecular weight is 239 g/mol. The maximum atomic E-state index is 13.5. The second-order valence-electron chi connectivity index (χ2n) is 5.26. The van der Waals surface area contributed by atoms with E-state index in [0.717, 1.165) is 12.1 Å². The van der Waals surface area contributed by atoms with Crippen molar-refractivity contribution in [3.05, 3.63) is 35.6 Å². The Balaban J connectivity index is 2.59. The van der Waals surface area contributed by atoms with Gasteiger partial charge in [0.1, 0.15) is 11.6 Å². The van der Waals surface area contributed by atoms with E-state index in [-0.39, 0.29) is 16.4 Å². The molecule has 1 atom stereocenters. The summed E-state index contributed by atoms with van der Waals surface area (Å²) in [4.78, 5) is 0. The van der Waals surface area contributed by atoms with Crippen molar-refractivity contribution in [2.24, 2.45) is 11.1 Å². The number of rotatable bonds is 1. The lowest BCUT2D eigenvalue weighted by Crippen LogP contribution is -2.25. The Labute approximate surface area is 98.4 Å². The SMILES string of the molecule is CC(C)(C)C(N)c1cc2c(F)ccc(F)c2o1. The molecule has 2 aromatic rings. The first-order chi connectivity index (χ1) is 7.80. The van der Waals surface area contributed by atoms with Gasteiger partial charge in [0.15, 0.2) is 11.4 Å². The summed E-state index contributed by atoms with van der Waals surface area (Å²) in [6.45, 7) is 5.83. The maximum absolute atomic E-state index is 13.5. The van der Waals surface area contributed by atoms with E-state index in [1.165, 1.54) is 6.07 Å². The zero-order valence-electron chi connectivity index (χ0n) is 10.1. The van der Waals surface area contributed by atoms with E-state index in [1.54, 1.807) is 0 Å². The van der Waals surface area contributed by atoms with Crippen LogP contribution in [0.5, 0.6) is 0 Å². The molecular formula is C13H15F2NO. The Morgan fingerprint density at radius 2 is 1.76 bits per heavy atom. The Morgan fingerprint density at radius 1 is 1.18 bits per heavy atom. The molecule has 0 amide bonds. The van der Waals surface area contributed by atoms with Gasteiger partial charge >= 0.3 is 0 Å². The van der Waals surface area contributed by atoms with E-state index in [4.69, 9.17) is 10.2 Å². The summed E-state index contributed by atoms with van der Waals surface area (Å²) in [5.41, 5.74) is 5.69. The van der Waals surface area contributed by atoms with Crippen LogP contribution < -0.4 is 5.73 Å². The van der Waals surface area contributed by atoms with Gasteiger partial charge in [-0.15, -0.1) is 0 Å². The number of hydrogen-bond acceptors (Lipinski definition) is 2. The zero-order valence-corrected chi connectivity index (χ0v) is 10.1. The molecule has 2 N–H and O–H groups in total. The number of hydrogen-bond donors (Lipinski definition) is 1. The van der Waals surface area contributed by atoms with Crippen LogP contribution in [0, 0.1) is 17.0 Å². The summed E-state index contributed by atoms with van der Waals surface area (Å²) in [6.07, 6.45) is 0. The van der Waals surface area contributed by atoms with Crippen LogP contribution in [0.3, 0.4) is 0 Å². The van der Waals surface area contributed by atoms with E-state index >= 15 is 0 Å². The summed E-state index contributed by atoms with van der Waals surface area (Å²) in [7, 11) is 0. The van der Waals surface area contributed by atoms with Crippen LogP contribution in [-0.4, -0.2) is 0 Å². The molecular weight excluding hydrogens is 224 g/mol. The van der Waals surface area contributed by atoms with Crippen LogP contribution in [0.15, 0.2) is 22.6 Å². The van der Waals surface area contributed by atoms with Crippen LogP contribution in [0.25, 0.3) is 11.0 Å². The van der Waals surface area contributed by atoms with Crippen LogP contribution in [0.2, 0.25) is 0 Å². The standard InChI is InChI=1S/C13H15F2NO/c1-13(2,3)12(16)10-6-7-8(14)4-5-9(15)11(7)17-10/h4-6,12H,16H2,1-3H3. The zero-order chi connectivity index (χ0) is 12.8. The van der Waals surface area contributed by atoms with E-state index in [9.17, 15) is 8.78 Å². The number of fused-ring (bicyclic) bond motifs is 1. The summed E-state index contributed by atoms with van der Waals surface area (Å²) in [6, 6.07) is 3.20. The van der Waals surface area contributed by atoms with Gasteiger partial charge in [0.05, 0.1) is 11.4 Å². The summed E-state index contributed by atoms with van der Waals surface area (Å²) in [5, 5.41) is 0.139. The molecule has 0 aliphatic heterocycles. The smallest absolute Gasteiger partial charge is 0.172 e. The molecule has 0 fully saturated rings. The lowest BCUT2D eigenvalue weighted by Gasteiger charge is -2.24. The predicted molar refractivity (Wildman–Crippen MR) is 62.5 cm³/mol. The number of furan rings is 1. The predicted octanol–water partition coefficient (Wildman–Crippen LogP) is 3.76. The molecule has 0 saturated heterocycles. The topological polar surface area (TPSA) is 39.2 Å². The highest BCUT2D eigenvalue weighted by molar-refractivity contribution is 5.79. The second-order valence-corrected chi connectivity index (χ2v) is 5.26. The van der Waals surface area contributed by atoms with Gasteiger partial charge in [0, 0.05) is 0 Å². The molecule has 1 unspecified atom stereocenters. The molecule has 1 aromatic carbocycles.